The summed E-state index contributed by atoms with van der Waals surface area (Å²) in [4.78, 5) is 46.3. The number of rotatable bonds is 1. The number of hydrogen-bond acceptors (Lipinski definition) is 7. The molecule has 0 aliphatic heterocycles. The average Bonchev–Trinajstić information content (AvgIpc) is 2.68. The third-order valence-corrected chi connectivity index (χ3v) is 3.65. The maximum Gasteiger partial charge on any atom is 0.427 e. The summed E-state index contributed by atoms with van der Waals surface area (Å²) in [5, 5.41) is -0.0997. The van der Waals surface area contributed by atoms with Crippen molar-refractivity contribution in [2.45, 2.75) is 52.7 Å². The Bertz CT molecular complexity index is 968. The molecule has 0 unspecified atom stereocenters. The van der Waals surface area contributed by atoms with Crippen LogP contribution in [0.25, 0.3) is 11.2 Å². The number of aryl methyl sites for hydroxylation is 2. The summed E-state index contributed by atoms with van der Waals surface area (Å²) in [7, 11) is 3.00. The first-order chi connectivity index (χ1) is 12.6. The molecule has 0 saturated carbocycles. The highest BCUT2D eigenvalue weighted by Crippen LogP contribution is 2.25. The van der Waals surface area contributed by atoms with Crippen molar-refractivity contribution < 1.29 is 19.1 Å². The highest BCUT2D eigenvalue weighted by molar-refractivity contribution is 6.33. The molecular weight excluding hydrogens is 390 g/mol. The second kappa shape index (κ2) is 7.08. The molecule has 11 heteroatoms. The van der Waals surface area contributed by atoms with Crippen molar-refractivity contribution in [1.29, 1.82) is 0 Å². The Morgan fingerprint density at radius 2 is 1.39 bits per heavy atom. The fourth-order valence-corrected chi connectivity index (χ4v) is 2.58. The van der Waals surface area contributed by atoms with Crippen LogP contribution in [-0.4, -0.2) is 42.5 Å². The van der Waals surface area contributed by atoms with Crippen molar-refractivity contribution in [3.05, 3.63) is 15.6 Å². The lowest BCUT2D eigenvalue weighted by molar-refractivity contribution is 0.0427. The van der Waals surface area contributed by atoms with Crippen LogP contribution >= 0.6 is 11.6 Å². The van der Waals surface area contributed by atoms with E-state index in [1.807, 2.05) is 0 Å². The van der Waals surface area contributed by atoms with Crippen molar-refractivity contribution in [3.63, 3.8) is 0 Å². The van der Waals surface area contributed by atoms with Gasteiger partial charge < -0.3 is 9.47 Å². The smallest absolute Gasteiger partial charge is 0.427 e. The predicted octanol–water partition coefficient (Wildman–Crippen LogP) is 3.00. The monoisotopic (exact) mass is 413 g/mol. The predicted molar refractivity (Wildman–Crippen MR) is 104 cm³/mol. The number of carbonyl (C=O) groups is 2. The van der Waals surface area contributed by atoms with Crippen LogP contribution in [0.2, 0.25) is 5.15 Å². The summed E-state index contributed by atoms with van der Waals surface area (Å²) in [5.74, 6) is -0.359. The molecule has 2 aromatic rings. The molecule has 0 atom stereocenters. The van der Waals surface area contributed by atoms with Crippen molar-refractivity contribution in [3.8, 4) is 0 Å². The topological polar surface area (TPSA) is 109 Å². The normalized spacial score (nSPS) is 12.2. The van der Waals surface area contributed by atoms with Crippen molar-refractivity contribution in [2.75, 3.05) is 4.90 Å². The number of halogens is 1. The fourth-order valence-electron chi connectivity index (χ4n) is 2.29. The molecule has 2 aromatic heterocycles. The summed E-state index contributed by atoms with van der Waals surface area (Å²) in [6, 6.07) is 0. The number of aromatic nitrogens is 4. The van der Waals surface area contributed by atoms with Gasteiger partial charge in [-0.05, 0) is 41.5 Å². The van der Waals surface area contributed by atoms with Crippen molar-refractivity contribution in [1.82, 2.24) is 19.1 Å². The summed E-state index contributed by atoms with van der Waals surface area (Å²) in [6.07, 6.45) is -2.06. The third-order valence-electron chi connectivity index (χ3n) is 3.39. The molecule has 28 heavy (non-hydrogen) atoms. The lowest BCUT2D eigenvalue weighted by atomic mass is 10.2. The zero-order chi connectivity index (χ0) is 21.6. The first-order valence-electron chi connectivity index (χ1n) is 8.47. The number of amides is 2. The van der Waals surface area contributed by atoms with E-state index in [-0.39, 0.29) is 28.0 Å². The molecule has 0 N–H and O–H groups in total. The van der Waals surface area contributed by atoms with Crippen LogP contribution < -0.4 is 10.6 Å². The van der Waals surface area contributed by atoms with Gasteiger partial charge in [-0.3, -0.25) is 9.13 Å². The van der Waals surface area contributed by atoms with Gasteiger partial charge in [0.1, 0.15) is 16.7 Å². The number of fused-ring (bicyclic) bond motifs is 1. The molecular formula is C17H24ClN5O5. The Morgan fingerprint density at radius 1 is 0.929 bits per heavy atom. The molecule has 10 nitrogen and oxygen atoms in total. The fraction of sp³-hybridized carbons (Fsp3) is 0.588. The molecule has 0 bridgehead atoms. The van der Waals surface area contributed by atoms with Gasteiger partial charge in [-0.2, -0.15) is 9.97 Å². The highest BCUT2D eigenvalue weighted by Gasteiger charge is 2.35. The molecule has 2 heterocycles. The van der Waals surface area contributed by atoms with Gasteiger partial charge >= 0.3 is 17.9 Å². The number of hydrogen-bond donors (Lipinski definition) is 0. The van der Waals surface area contributed by atoms with Crippen LogP contribution in [-0.2, 0) is 23.6 Å². The van der Waals surface area contributed by atoms with E-state index in [1.165, 1.54) is 23.2 Å². The van der Waals surface area contributed by atoms with Crippen LogP contribution in [0.4, 0.5) is 15.5 Å². The third kappa shape index (κ3) is 4.44. The number of imide groups is 1. The molecule has 0 aliphatic rings. The molecule has 2 amide bonds. The summed E-state index contributed by atoms with van der Waals surface area (Å²) in [5.41, 5.74) is -1.73. The number of carbonyl (C=O) groups excluding carboxylic acids is 2. The lowest BCUT2D eigenvalue weighted by Gasteiger charge is -2.27. The first kappa shape index (κ1) is 21.7. The van der Waals surface area contributed by atoms with E-state index in [0.717, 1.165) is 0 Å². The molecule has 0 saturated heterocycles. The first-order valence-corrected chi connectivity index (χ1v) is 8.85. The standard InChI is InChI=1S/C17H24ClN5O5/c1-16(2,3)27-14(25)23(15(26)28-17(4,5)6)12-19-10(18)9-11(20-12)22(8)13(24)21(9)7/h1-8H3. The Hall–Kier alpha value is -2.62. The van der Waals surface area contributed by atoms with Crippen molar-refractivity contribution >= 4 is 40.9 Å². The van der Waals surface area contributed by atoms with Gasteiger partial charge in [-0.15, -0.1) is 4.90 Å². The van der Waals surface area contributed by atoms with Crippen LogP contribution in [0, 0.1) is 0 Å². The van der Waals surface area contributed by atoms with E-state index in [9.17, 15) is 14.4 Å². The molecule has 0 radical (unpaired) electrons. The van der Waals surface area contributed by atoms with E-state index in [0.29, 0.717) is 4.90 Å². The molecule has 0 spiro atoms. The summed E-state index contributed by atoms with van der Waals surface area (Å²) < 4.78 is 13.1. The van der Waals surface area contributed by atoms with Crippen LogP contribution in [0.1, 0.15) is 41.5 Å². The van der Waals surface area contributed by atoms with Gasteiger partial charge in [0, 0.05) is 14.1 Å². The zero-order valence-corrected chi connectivity index (χ0v) is 17.9. The Kier molecular flexibility index (Phi) is 5.48. The molecule has 154 valence electrons. The van der Waals surface area contributed by atoms with E-state index in [1.54, 1.807) is 41.5 Å². The van der Waals surface area contributed by atoms with Crippen LogP contribution in [0.5, 0.6) is 0 Å². The SMILES string of the molecule is Cn1c(=O)n(C)c2c(Cl)nc(N(C(=O)OC(C)(C)C)C(=O)OC(C)(C)C)nc21. The second-order valence-electron chi connectivity index (χ2n) is 8.18. The minimum absolute atomic E-state index is 0.0997. The Balaban J connectivity index is 2.66. The van der Waals surface area contributed by atoms with Gasteiger partial charge in [-0.25, -0.2) is 14.4 Å². The largest absolute Gasteiger partial charge is 0.443 e. The van der Waals surface area contributed by atoms with Gasteiger partial charge in [0.15, 0.2) is 10.8 Å². The van der Waals surface area contributed by atoms with Gasteiger partial charge in [-0.1, -0.05) is 11.6 Å². The van der Waals surface area contributed by atoms with Crippen LogP contribution in [0.3, 0.4) is 0 Å². The molecule has 0 fully saturated rings. The Morgan fingerprint density at radius 3 is 1.82 bits per heavy atom. The minimum atomic E-state index is -1.03. The maximum absolute atomic E-state index is 12.7. The van der Waals surface area contributed by atoms with Crippen molar-refractivity contribution in [2.24, 2.45) is 14.1 Å². The second-order valence-corrected chi connectivity index (χ2v) is 8.54. The molecule has 0 aliphatic carbocycles. The van der Waals surface area contributed by atoms with E-state index in [4.69, 9.17) is 21.1 Å². The number of anilines is 1. The average molecular weight is 414 g/mol. The van der Waals surface area contributed by atoms with Crippen LogP contribution in [0.15, 0.2) is 4.79 Å². The Labute approximate surface area is 167 Å². The number of nitrogens with zero attached hydrogens (tertiary/aromatic N) is 5. The molecule has 2 rings (SSSR count). The van der Waals surface area contributed by atoms with E-state index < -0.39 is 23.4 Å². The zero-order valence-electron chi connectivity index (χ0n) is 17.2. The molecule has 0 aromatic carbocycles. The van der Waals surface area contributed by atoms with Gasteiger partial charge in [0.25, 0.3) is 0 Å². The van der Waals surface area contributed by atoms with Gasteiger partial charge in [0.05, 0.1) is 0 Å². The van der Waals surface area contributed by atoms with Gasteiger partial charge in [0.2, 0.25) is 5.95 Å². The minimum Gasteiger partial charge on any atom is -0.443 e. The number of imidazole rings is 1. The highest BCUT2D eigenvalue weighted by atomic mass is 35.5. The summed E-state index contributed by atoms with van der Waals surface area (Å²) >= 11 is 6.22. The lowest BCUT2D eigenvalue weighted by Crippen LogP contribution is -2.44. The van der Waals surface area contributed by atoms with E-state index >= 15 is 0 Å². The quantitative estimate of drug-likeness (QED) is 0.661. The number of ether oxygens (including phenoxy) is 2. The maximum atomic E-state index is 12.7. The summed E-state index contributed by atoms with van der Waals surface area (Å²) in [6.45, 7) is 9.89. The van der Waals surface area contributed by atoms with E-state index in [2.05, 4.69) is 9.97 Å².